The molecule has 0 saturated carbocycles. The Balaban J connectivity index is 1.66. The summed E-state index contributed by atoms with van der Waals surface area (Å²) in [5, 5.41) is 11.2. The Labute approximate surface area is 176 Å². The van der Waals surface area contributed by atoms with Crippen LogP contribution in [0, 0.1) is 13.8 Å². The smallest absolute Gasteiger partial charge is 0.277 e. The van der Waals surface area contributed by atoms with E-state index in [0.717, 1.165) is 22.4 Å². The van der Waals surface area contributed by atoms with E-state index >= 15 is 0 Å². The third kappa shape index (κ3) is 5.26. The first-order chi connectivity index (χ1) is 13.6. The highest BCUT2D eigenvalue weighted by molar-refractivity contribution is 8.00. The Morgan fingerprint density at radius 3 is 2.41 bits per heavy atom. The fourth-order valence-electron chi connectivity index (χ4n) is 2.80. The molecule has 0 bridgehead atoms. The van der Waals surface area contributed by atoms with Gasteiger partial charge in [-0.3, -0.25) is 4.79 Å². The number of carbonyl (C=O) groups excluding carboxylic acids is 1. The number of hydrogen-bond donors (Lipinski definition) is 1. The molecule has 3 aromatic rings. The van der Waals surface area contributed by atoms with Gasteiger partial charge in [-0.05, 0) is 61.1 Å². The summed E-state index contributed by atoms with van der Waals surface area (Å²) >= 11 is 1.25. The first kappa shape index (κ1) is 21.1. The Hall–Kier alpha value is -2.60. The van der Waals surface area contributed by atoms with Crippen LogP contribution in [0.5, 0.6) is 0 Å². The van der Waals surface area contributed by atoms with Crippen molar-refractivity contribution in [1.29, 1.82) is 0 Å². The van der Waals surface area contributed by atoms with Crippen LogP contribution in [0.4, 0.5) is 5.69 Å². The van der Waals surface area contributed by atoms with E-state index in [-0.39, 0.29) is 16.6 Å². The molecule has 2 aromatic carbocycles. The van der Waals surface area contributed by atoms with Crippen LogP contribution in [0.3, 0.4) is 0 Å². The Morgan fingerprint density at radius 1 is 1.07 bits per heavy atom. The molecule has 1 N–H and O–H groups in total. The minimum absolute atomic E-state index is 0.0901. The van der Waals surface area contributed by atoms with Gasteiger partial charge in [0.05, 0.1) is 5.25 Å². The molecular weight excluding hydrogens is 382 g/mol. The molecule has 1 heterocycles. The van der Waals surface area contributed by atoms with Gasteiger partial charge >= 0.3 is 0 Å². The summed E-state index contributed by atoms with van der Waals surface area (Å²) in [7, 11) is 0. The minimum Gasteiger partial charge on any atom is -0.411 e. The van der Waals surface area contributed by atoms with Gasteiger partial charge < -0.3 is 9.73 Å². The number of carbonyl (C=O) groups is 1. The quantitative estimate of drug-likeness (QED) is 0.542. The number of aryl methyl sites for hydroxylation is 2. The number of rotatable bonds is 5. The van der Waals surface area contributed by atoms with Crippen molar-refractivity contribution in [3.63, 3.8) is 0 Å². The molecule has 152 valence electrons. The predicted molar refractivity (Wildman–Crippen MR) is 118 cm³/mol. The maximum Gasteiger partial charge on any atom is 0.277 e. The number of anilines is 1. The van der Waals surface area contributed by atoms with E-state index < -0.39 is 0 Å². The van der Waals surface area contributed by atoms with Crippen LogP contribution in [0.2, 0.25) is 0 Å². The van der Waals surface area contributed by atoms with Crippen molar-refractivity contribution in [2.45, 2.75) is 57.4 Å². The number of thioether (sulfide) groups is 1. The van der Waals surface area contributed by atoms with Gasteiger partial charge in [-0.15, -0.1) is 10.2 Å². The maximum absolute atomic E-state index is 12.6. The fraction of sp³-hybridized carbons (Fsp3) is 0.348. The lowest BCUT2D eigenvalue weighted by molar-refractivity contribution is -0.115. The highest BCUT2D eigenvalue weighted by Crippen LogP contribution is 2.29. The average Bonchev–Trinajstić information content (AvgIpc) is 3.12. The van der Waals surface area contributed by atoms with Crippen LogP contribution in [0.1, 0.15) is 44.4 Å². The molecule has 1 aromatic heterocycles. The Kier molecular flexibility index (Phi) is 6.13. The fourth-order valence-corrected chi connectivity index (χ4v) is 3.48. The highest BCUT2D eigenvalue weighted by Gasteiger charge is 2.20. The van der Waals surface area contributed by atoms with Crippen LogP contribution in [0.15, 0.2) is 52.1 Å². The average molecular weight is 410 g/mol. The van der Waals surface area contributed by atoms with Gasteiger partial charge in [0.2, 0.25) is 11.8 Å². The van der Waals surface area contributed by atoms with Gasteiger partial charge in [0, 0.05) is 11.3 Å². The predicted octanol–water partition coefficient (Wildman–Crippen LogP) is 5.77. The molecule has 0 aliphatic heterocycles. The largest absolute Gasteiger partial charge is 0.411 e. The van der Waals surface area contributed by atoms with Crippen molar-refractivity contribution in [3.05, 3.63) is 59.2 Å². The van der Waals surface area contributed by atoms with E-state index in [9.17, 15) is 4.79 Å². The zero-order chi connectivity index (χ0) is 21.2. The second-order valence-electron chi connectivity index (χ2n) is 8.27. The molecular formula is C23H27N3O2S. The van der Waals surface area contributed by atoms with Crippen LogP contribution in [-0.2, 0) is 10.2 Å². The topological polar surface area (TPSA) is 68.0 Å². The SMILES string of the molecule is Cc1ccc(C)c(NC(=O)C(C)Sc2nnc(-c3ccc(C(C)(C)C)cc3)o2)c1. The second-order valence-corrected chi connectivity index (χ2v) is 9.56. The van der Waals surface area contributed by atoms with Crippen LogP contribution in [-0.4, -0.2) is 21.4 Å². The standard InChI is InChI=1S/C23H27N3O2S/c1-14-7-8-15(2)19(13-14)24-20(27)16(3)29-22-26-25-21(28-22)17-9-11-18(12-10-17)23(4,5)6/h7-13,16H,1-6H3,(H,24,27). The number of hydrogen-bond acceptors (Lipinski definition) is 5. The van der Waals surface area contributed by atoms with Crippen LogP contribution < -0.4 is 5.32 Å². The van der Waals surface area contributed by atoms with E-state index in [1.165, 1.54) is 17.3 Å². The van der Waals surface area contributed by atoms with E-state index in [4.69, 9.17) is 4.42 Å². The number of aromatic nitrogens is 2. The van der Waals surface area contributed by atoms with Crippen molar-refractivity contribution in [1.82, 2.24) is 10.2 Å². The van der Waals surface area contributed by atoms with E-state index in [2.05, 4.69) is 48.4 Å². The Morgan fingerprint density at radius 2 is 1.76 bits per heavy atom. The first-order valence-corrected chi connectivity index (χ1v) is 10.5. The molecule has 0 aliphatic rings. The molecule has 3 rings (SSSR count). The van der Waals surface area contributed by atoms with E-state index in [1.54, 1.807) is 0 Å². The molecule has 5 nitrogen and oxygen atoms in total. The summed E-state index contributed by atoms with van der Waals surface area (Å²) in [6.07, 6.45) is 0. The third-order valence-corrected chi connectivity index (χ3v) is 5.64. The molecule has 1 atom stereocenters. The molecule has 0 saturated heterocycles. The molecule has 0 aliphatic carbocycles. The van der Waals surface area contributed by atoms with Gasteiger partial charge in [-0.1, -0.05) is 56.8 Å². The van der Waals surface area contributed by atoms with Gasteiger partial charge in [0.15, 0.2) is 0 Å². The Bertz CT molecular complexity index is 1000. The summed E-state index contributed by atoms with van der Waals surface area (Å²) in [6.45, 7) is 12.3. The maximum atomic E-state index is 12.6. The minimum atomic E-state index is -0.369. The van der Waals surface area contributed by atoms with Gasteiger partial charge in [0.1, 0.15) is 0 Å². The molecule has 0 fully saturated rings. The summed E-state index contributed by atoms with van der Waals surface area (Å²) < 4.78 is 5.77. The highest BCUT2D eigenvalue weighted by atomic mass is 32.2. The second kappa shape index (κ2) is 8.41. The van der Waals surface area contributed by atoms with Crippen molar-refractivity contribution < 1.29 is 9.21 Å². The lowest BCUT2D eigenvalue weighted by Gasteiger charge is -2.18. The number of amides is 1. The van der Waals surface area contributed by atoms with Gasteiger partial charge in [-0.25, -0.2) is 0 Å². The number of nitrogens with one attached hydrogen (secondary N) is 1. The van der Waals surface area contributed by atoms with Crippen molar-refractivity contribution >= 4 is 23.4 Å². The molecule has 0 spiro atoms. The summed E-state index contributed by atoms with van der Waals surface area (Å²) in [5.74, 6) is 0.355. The van der Waals surface area contributed by atoms with Gasteiger partial charge in [-0.2, -0.15) is 0 Å². The van der Waals surface area contributed by atoms with Crippen molar-refractivity contribution in [3.8, 4) is 11.5 Å². The normalized spacial score (nSPS) is 12.6. The lowest BCUT2D eigenvalue weighted by atomic mass is 9.87. The molecule has 0 radical (unpaired) electrons. The zero-order valence-electron chi connectivity index (χ0n) is 17.7. The molecule has 6 heteroatoms. The number of benzene rings is 2. The van der Waals surface area contributed by atoms with Gasteiger partial charge in [0.25, 0.3) is 5.22 Å². The van der Waals surface area contributed by atoms with Crippen molar-refractivity contribution in [2.75, 3.05) is 5.32 Å². The molecule has 1 unspecified atom stereocenters. The summed E-state index contributed by atoms with van der Waals surface area (Å²) in [4.78, 5) is 12.6. The summed E-state index contributed by atoms with van der Waals surface area (Å²) in [5.41, 5.74) is 5.15. The molecule has 1 amide bonds. The monoisotopic (exact) mass is 409 g/mol. The lowest BCUT2D eigenvalue weighted by Crippen LogP contribution is -2.22. The summed E-state index contributed by atoms with van der Waals surface area (Å²) in [6, 6.07) is 14.1. The number of nitrogens with zero attached hydrogens (tertiary/aromatic N) is 2. The molecule has 29 heavy (non-hydrogen) atoms. The zero-order valence-corrected chi connectivity index (χ0v) is 18.6. The van der Waals surface area contributed by atoms with E-state index in [1.807, 2.05) is 51.1 Å². The van der Waals surface area contributed by atoms with E-state index in [0.29, 0.717) is 11.1 Å². The van der Waals surface area contributed by atoms with Crippen LogP contribution in [0.25, 0.3) is 11.5 Å². The first-order valence-electron chi connectivity index (χ1n) is 9.62. The van der Waals surface area contributed by atoms with Crippen molar-refractivity contribution in [2.24, 2.45) is 0 Å². The third-order valence-electron chi connectivity index (χ3n) is 4.70. The van der Waals surface area contributed by atoms with Crippen LogP contribution >= 0.6 is 11.8 Å².